The molecule has 0 saturated carbocycles. The number of carbonyl (C=O) groups is 1. The molecule has 0 fully saturated rings. The number of amides is 1. The minimum Gasteiger partial charge on any atom is -0.382 e. The number of hydrogen-bond donors (Lipinski definition) is 3. The van der Waals surface area contributed by atoms with Crippen molar-refractivity contribution in [2.75, 3.05) is 26.0 Å². The van der Waals surface area contributed by atoms with Gasteiger partial charge < -0.3 is 20.8 Å². The fraction of sp³-hybridized carbons (Fsp3) is 0.261. The minimum atomic E-state index is -0.609. The summed E-state index contributed by atoms with van der Waals surface area (Å²) < 4.78 is 20.0. The number of rotatable bonds is 7. The van der Waals surface area contributed by atoms with Crippen molar-refractivity contribution >= 4 is 22.5 Å². The van der Waals surface area contributed by atoms with Gasteiger partial charge in [-0.3, -0.25) is 14.8 Å². The quantitative estimate of drug-likeness (QED) is 0.523. The van der Waals surface area contributed by atoms with Crippen LogP contribution in [0.2, 0.25) is 0 Å². The van der Waals surface area contributed by atoms with E-state index in [9.17, 15) is 9.18 Å². The zero-order valence-electron chi connectivity index (χ0n) is 18.1. The zero-order valence-corrected chi connectivity index (χ0v) is 18.1. The number of anilines is 1. The summed E-state index contributed by atoms with van der Waals surface area (Å²) in [6.07, 6.45) is 4.98. The Kier molecular flexibility index (Phi) is 6.02. The number of halogens is 1. The third-order valence-corrected chi connectivity index (χ3v) is 5.44. The molecular weight excluding hydrogens is 411 g/mol. The van der Waals surface area contributed by atoms with Gasteiger partial charge in [0.2, 0.25) is 0 Å². The van der Waals surface area contributed by atoms with E-state index in [0.717, 1.165) is 11.3 Å². The summed E-state index contributed by atoms with van der Waals surface area (Å²) >= 11 is 0. The van der Waals surface area contributed by atoms with Gasteiger partial charge in [-0.15, -0.1) is 0 Å². The molecule has 32 heavy (non-hydrogen) atoms. The lowest BCUT2D eigenvalue weighted by Crippen LogP contribution is -2.38. The van der Waals surface area contributed by atoms with Crippen molar-refractivity contribution in [3.63, 3.8) is 0 Å². The summed E-state index contributed by atoms with van der Waals surface area (Å²) in [7, 11) is 3.51. The number of primary amides is 1. The van der Waals surface area contributed by atoms with E-state index in [2.05, 4.69) is 20.7 Å². The first kappa shape index (κ1) is 21.7. The Bertz CT molecular complexity index is 1200. The maximum Gasteiger partial charge on any atom is 0.252 e. The standard InChI is InChI=1S/C23H25FN6O2/c1-13-11-30(2)29-21(13)10-28-22-17-6-16(14-4-5-15(12-32-3)26-8-14)19(24)7-20(17)27-9-18(22)23(25)31/h4-9,11,21,29H,10,12H2,1-3H3,(H2,25,31)(H,27,28). The molecule has 0 bridgehead atoms. The molecule has 1 atom stereocenters. The topological polar surface area (TPSA) is 105 Å². The number of hydrogen-bond acceptors (Lipinski definition) is 7. The number of nitrogens with two attached hydrogens (primary N) is 1. The molecule has 1 unspecified atom stereocenters. The fourth-order valence-corrected chi connectivity index (χ4v) is 3.82. The summed E-state index contributed by atoms with van der Waals surface area (Å²) in [5, 5.41) is 5.82. The maximum atomic E-state index is 14.9. The van der Waals surface area contributed by atoms with Gasteiger partial charge in [0.1, 0.15) is 5.82 Å². The molecule has 1 aliphatic rings. The van der Waals surface area contributed by atoms with Crippen LogP contribution in [0, 0.1) is 5.82 Å². The van der Waals surface area contributed by atoms with Crippen LogP contribution in [0.15, 0.2) is 48.4 Å². The normalized spacial score (nSPS) is 15.8. The molecule has 3 heterocycles. The first-order valence-electron chi connectivity index (χ1n) is 10.1. The minimum absolute atomic E-state index is 0.0430. The molecule has 0 aliphatic carbocycles. The smallest absolute Gasteiger partial charge is 0.252 e. The molecule has 9 heteroatoms. The number of methoxy groups -OCH3 is 1. The van der Waals surface area contributed by atoms with Gasteiger partial charge in [-0.25, -0.2) is 9.82 Å². The largest absolute Gasteiger partial charge is 0.382 e. The second-order valence-corrected chi connectivity index (χ2v) is 7.78. The summed E-state index contributed by atoms with van der Waals surface area (Å²) in [5.41, 5.74) is 13.0. The van der Waals surface area contributed by atoms with Gasteiger partial charge in [0.15, 0.2) is 0 Å². The summed E-state index contributed by atoms with van der Waals surface area (Å²) in [5.74, 6) is -1.04. The predicted molar refractivity (Wildman–Crippen MR) is 121 cm³/mol. The molecule has 166 valence electrons. The van der Waals surface area contributed by atoms with Crippen molar-refractivity contribution < 1.29 is 13.9 Å². The maximum absolute atomic E-state index is 14.9. The number of carbonyl (C=O) groups excluding carboxylic acids is 1. The van der Waals surface area contributed by atoms with E-state index in [1.165, 1.54) is 12.3 Å². The Labute approximate surface area is 185 Å². The first-order chi connectivity index (χ1) is 15.4. The molecule has 1 amide bonds. The van der Waals surface area contributed by atoms with Crippen LogP contribution in [0.4, 0.5) is 10.1 Å². The van der Waals surface area contributed by atoms with E-state index >= 15 is 0 Å². The fourth-order valence-electron chi connectivity index (χ4n) is 3.82. The molecule has 3 aromatic rings. The lowest BCUT2D eigenvalue weighted by Gasteiger charge is -2.20. The van der Waals surface area contributed by atoms with E-state index in [0.29, 0.717) is 40.9 Å². The molecule has 0 radical (unpaired) electrons. The summed E-state index contributed by atoms with van der Waals surface area (Å²) in [6, 6.07) is 6.65. The average molecular weight is 436 g/mol. The number of nitrogens with one attached hydrogen (secondary N) is 2. The van der Waals surface area contributed by atoms with Crippen molar-refractivity contribution in [2.45, 2.75) is 19.6 Å². The van der Waals surface area contributed by atoms with Crippen molar-refractivity contribution in [1.82, 2.24) is 20.4 Å². The highest BCUT2D eigenvalue weighted by atomic mass is 19.1. The van der Waals surface area contributed by atoms with Crippen molar-refractivity contribution in [2.24, 2.45) is 5.73 Å². The zero-order chi connectivity index (χ0) is 22.8. The second kappa shape index (κ2) is 8.89. The van der Waals surface area contributed by atoms with E-state index in [4.69, 9.17) is 10.5 Å². The Morgan fingerprint density at radius 1 is 1.31 bits per heavy atom. The van der Waals surface area contributed by atoms with Gasteiger partial charge in [0.05, 0.1) is 35.1 Å². The summed E-state index contributed by atoms with van der Waals surface area (Å²) in [6.45, 7) is 2.90. The van der Waals surface area contributed by atoms with E-state index in [-0.39, 0.29) is 11.6 Å². The van der Waals surface area contributed by atoms with Crippen molar-refractivity contribution in [1.29, 1.82) is 0 Å². The van der Waals surface area contributed by atoms with Gasteiger partial charge in [-0.05, 0) is 24.6 Å². The van der Waals surface area contributed by atoms with Gasteiger partial charge in [0.25, 0.3) is 5.91 Å². The Morgan fingerprint density at radius 2 is 2.12 bits per heavy atom. The van der Waals surface area contributed by atoms with Crippen LogP contribution < -0.4 is 16.5 Å². The van der Waals surface area contributed by atoms with Gasteiger partial charge in [-0.2, -0.15) is 0 Å². The van der Waals surface area contributed by atoms with Crippen LogP contribution in [0.25, 0.3) is 22.0 Å². The number of nitrogens with zero attached hydrogens (tertiary/aromatic N) is 3. The second-order valence-electron chi connectivity index (χ2n) is 7.78. The average Bonchev–Trinajstić information content (AvgIpc) is 3.09. The van der Waals surface area contributed by atoms with Crippen LogP contribution in [0.5, 0.6) is 0 Å². The third kappa shape index (κ3) is 4.25. The van der Waals surface area contributed by atoms with Crippen LogP contribution >= 0.6 is 0 Å². The van der Waals surface area contributed by atoms with Gasteiger partial charge >= 0.3 is 0 Å². The number of pyridine rings is 2. The molecule has 1 aliphatic heterocycles. The number of hydrazine groups is 1. The Morgan fingerprint density at radius 3 is 2.75 bits per heavy atom. The van der Waals surface area contributed by atoms with Crippen molar-refractivity contribution in [3.05, 3.63) is 65.5 Å². The molecule has 4 rings (SSSR count). The van der Waals surface area contributed by atoms with Crippen LogP contribution in [-0.2, 0) is 11.3 Å². The first-order valence-corrected chi connectivity index (χ1v) is 10.1. The molecule has 2 aromatic heterocycles. The van der Waals surface area contributed by atoms with Crippen LogP contribution in [-0.4, -0.2) is 47.6 Å². The monoisotopic (exact) mass is 436 g/mol. The van der Waals surface area contributed by atoms with Gasteiger partial charge in [0, 0.05) is 61.9 Å². The SMILES string of the molecule is COCc1ccc(-c2cc3c(NCC4NN(C)C=C4C)c(C(N)=O)cnc3cc2F)cn1. The lowest BCUT2D eigenvalue weighted by atomic mass is 10.0. The number of benzene rings is 1. The number of aromatic nitrogens is 2. The van der Waals surface area contributed by atoms with Gasteiger partial charge in [-0.1, -0.05) is 6.07 Å². The molecule has 0 spiro atoms. The highest BCUT2D eigenvalue weighted by molar-refractivity contribution is 6.07. The van der Waals surface area contributed by atoms with Crippen LogP contribution in [0.1, 0.15) is 23.0 Å². The van der Waals surface area contributed by atoms with E-state index in [1.807, 2.05) is 25.2 Å². The molecule has 8 nitrogen and oxygen atoms in total. The van der Waals surface area contributed by atoms with Crippen LogP contribution in [0.3, 0.4) is 0 Å². The van der Waals surface area contributed by atoms with E-state index in [1.54, 1.807) is 31.5 Å². The Hall–Kier alpha value is -3.56. The number of ether oxygens (including phenoxy) is 1. The molecular formula is C23H25FN6O2. The highest BCUT2D eigenvalue weighted by Gasteiger charge is 2.21. The van der Waals surface area contributed by atoms with Crippen molar-refractivity contribution in [3.8, 4) is 11.1 Å². The number of fused-ring (bicyclic) bond motifs is 1. The predicted octanol–water partition coefficient (Wildman–Crippen LogP) is 2.82. The molecule has 4 N–H and O–H groups in total. The molecule has 0 saturated heterocycles. The lowest BCUT2D eigenvalue weighted by molar-refractivity contribution is 0.100. The summed E-state index contributed by atoms with van der Waals surface area (Å²) in [4.78, 5) is 20.7. The third-order valence-electron chi connectivity index (χ3n) is 5.44. The van der Waals surface area contributed by atoms with E-state index < -0.39 is 11.7 Å². The molecule has 1 aromatic carbocycles. The Balaban J connectivity index is 1.76. The highest BCUT2D eigenvalue weighted by Crippen LogP contribution is 2.32.